The van der Waals surface area contributed by atoms with Crippen molar-refractivity contribution >= 4 is 51.2 Å². The number of esters is 2. The van der Waals surface area contributed by atoms with Crippen molar-refractivity contribution in [1.29, 1.82) is 0 Å². The van der Waals surface area contributed by atoms with Gasteiger partial charge in [-0.15, -0.1) is 0 Å². The first-order valence-corrected chi connectivity index (χ1v) is 49.3. The molecule has 1 heterocycles. The van der Waals surface area contributed by atoms with Crippen molar-refractivity contribution in [3.05, 3.63) is 24.3 Å². The fraction of sp³-hybridized carbons (Fsp3) is 0.888. The van der Waals surface area contributed by atoms with E-state index in [0.29, 0.717) is 51.4 Å². The molecule has 0 radical (unpaired) electrons. The molecular formula is C89H168N4O22P2. The predicted molar refractivity (Wildman–Crippen MR) is 463 cm³/mol. The second-order valence-electron chi connectivity index (χ2n) is 32.5. The quantitative estimate of drug-likeness (QED) is 0.0121. The van der Waals surface area contributed by atoms with E-state index in [2.05, 4.69) is 87.1 Å². The summed E-state index contributed by atoms with van der Waals surface area (Å²) < 4.78 is 83.5. The molecule has 26 nitrogen and oxygen atoms in total. The summed E-state index contributed by atoms with van der Waals surface area (Å²) in [5, 5.41) is 32.1. The minimum Gasteiger partial charge on any atom is -0.462 e. The summed E-state index contributed by atoms with van der Waals surface area (Å²) in [6, 6.07) is -1.97. The van der Waals surface area contributed by atoms with Crippen LogP contribution in [0.15, 0.2) is 24.3 Å². The van der Waals surface area contributed by atoms with E-state index in [1.807, 2.05) is 0 Å². The molecule has 8 N–H and O–H groups in total. The number of unbranched alkanes of at least 4 members (excludes halogenated alkanes) is 34. The summed E-state index contributed by atoms with van der Waals surface area (Å²) in [6.45, 7) is 13.0. The van der Waals surface area contributed by atoms with Crippen LogP contribution < -0.4 is 21.3 Å². The Labute approximate surface area is 707 Å². The van der Waals surface area contributed by atoms with Crippen LogP contribution in [0.5, 0.6) is 0 Å². The molecule has 686 valence electrons. The summed E-state index contributed by atoms with van der Waals surface area (Å²) in [5.74, 6) is -4.88. The molecule has 0 bridgehead atoms. The summed E-state index contributed by atoms with van der Waals surface area (Å²) in [4.78, 5) is 103. The lowest BCUT2D eigenvalue weighted by Gasteiger charge is -2.23. The molecule has 0 saturated carbocycles. The summed E-state index contributed by atoms with van der Waals surface area (Å²) >= 11 is 0. The second-order valence-corrected chi connectivity index (χ2v) is 35.4. The molecule has 0 aromatic rings. The summed E-state index contributed by atoms with van der Waals surface area (Å²) in [7, 11) is -9.77. The van der Waals surface area contributed by atoms with Crippen LogP contribution in [0.4, 0.5) is 0 Å². The van der Waals surface area contributed by atoms with Gasteiger partial charge >= 0.3 is 27.6 Å². The fourth-order valence-electron chi connectivity index (χ4n) is 13.7. The highest BCUT2D eigenvalue weighted by Crippen LogP contribution is 2.44. The van der Waals surface area contributed by atoms with Gasteiger partial charge < -0.3 is 69.7 Å². The first-order valence-electron chi connectivity index (χ1n) is 46.4. The van der Waals surface area contributed by atoms with Crippen molar-refractivity contribution in [2.45, 2.75) is 444 Å². The van der Waals surface area contributed by atoms with E-state index in [9.17, 15) is 57.9 Å². The largest absolute Gasteiger partial charge is 0.472 e. The molecule has 0 aliphatic carbocycles. The molecule has 10 atom stereocenters. The number of aliphatic hydroxyl groups excluding tert-OH is 2. The first-order chi connectivity index (χ1) is 56.4. The Kier molecular flexibility index (Phi) is 71.2. The van der Waals surface area contributed by atoms with E-state index in [1.165, 1.54) is 104 Å². The van der Waals surface area contributed by atoms with Crippen LogP contribution in [0.1, 0.15) is 389 Å². The van der Waals surface area contributed by atoms with Crippen LogP contribution in [0, 0.1) is 0 Å². The standard InChI is InChI=1S/C89H168N4O22P2/c1-9-15-21-27-31-35-39-45-51-57-79(112-83(98)59-53-47-41-37-33-29-23-17-11-3)69-81(96)92-75(71-106-65-61-77(94)55-49-43-25-19-13-5)73-110-116(102,103)108-67-63-90-87(100)85-86(115-89(7,8)114-85)88(101)91-64-68-109-117(104,105)111-74-76(72-107-66-62-78(95)56-50-44-26-20-14-6)93-82(97)70-80(58-52-46-40-36-32-28-22-16-10-2)113-84(99)60-54-48-42-38-34-30-24-18-12-4/h37-38,41-42,75-80,85-86,94-95H,9-36,39-40,43-74H2,1-8H3,(H,90,100)(H,91,101)(H,92,96)(H,93,97)(H,102,103)(H,104,105)/b41-37+,42-38+/t75?,76?,77-,78-,79?,80?,85-,86+/m1/s1. The SMILES string of the molecule is CCCCCC/C=C/CCCC(=O)OC(CCCCCCCCCCC)CC(=O)NC(COCC[C@H](O)CCCCCCC)COP(=O)(O)OCCNC(=O)[C@H]1OC(C)(C)O[C@H]1C(=O)NCCOP(=O)(O)OCC(COCC[C@H](O)CCCCCCC)NC(=O)CC(CCCCCCCCCCC)OC(=O)CCC/C=C/CCCCCC. The zero-order valence-corrected chi connectivity index (χ0v) is 76.1. The Morgan fingerprint density at radius 3 is 0.991 bits per heavy atom. The Hall–Kier alpha value is -3.72. The van der Waals surface area contributed by atoms with Gasteiger partial charge in [0.2, 0.25) is 11.8 Å². The maximum atomic E-state index is 13.9. The van der Waals surface area contributed by atoms with Gasteiger partial charge in [0.15, 0.2) is 18.0 Å². The van der Waals surface area contributed by atoms with E-state index in [1.54, 1.807) is 0 Å². The fourth-order valence-corrected chi connectivity index (χ4v) is 15.2. The van der Waals surface area contributed by atoms with Crippen LogP contribution in [-0.4, -0.2) is 176 Å². The smallest absolute Gasteiger partial charge is 0.462 e. The number of amides is 4. The van der Waals surface area contributed by atoms with Crippen molar-refractivity contribution in [3.8, 4) is 0 Å². The molecule has 28 heteroatoms. The third-order valence-corrected chi connectivity index (χ3v) is 22.6. The number of phosphoric acid groups is 2. The van der Waals surface area contributed by atoms with Crippen molar-refractivity contribution in [2.24, 2.45) is 0 Å². The van der Waals surface area contributed by atoms with Crippen molar-refractivity contribution in [3.63, 3.8) is 0 Å². The number of rotatable bonds is 84. The highest BCUT2D eigenvalue weighted by molar-refractivity contribution is 7.47. The highest BCUT2D eigenvalue weighted by atomic mass is 31.2. The number of allylic oxidation sites excluding steroid dienone is 4. The minimum absolute atomic E-state index is 0.133. The van der Waals surface area contributed by atoms with E-state index < -0.39 is 120 Å². The van der Waals surface area contributed by atoms with E-state index in [-0.39, 0.29) is 77.1 Å². The molecule has 1 rings (SSSR count). The zero-order valence-electron chi connectivity index (χ0n) is 74.3. The number of phosphoric ester groups is 2. The monoisotopic (exact) mass is 1710 g/mol. The van der Waals surface area contributed by atoms with E-state index >= 15 is 0 Å². The van der Waals surface area contributed by atoms with Gasteiger partial charge in [0.1, 0.15) is 12.2 Å². The van der Waals surface area contributed by atoms with Crippen molar-refractivity contribution < 1.29 is 104 Å². The van der Waals surface area contributed by atoms with Gasteiger partial charge in [-0.25, -0.2) is 9.13 Å². The molecule has 1 aliphatic heterocycles. The normalized spacial score (nSPS) is 16.8. The number of nitrogens with one attached hydrogen (secondary N) is 4. The lowest BCUT2D eigenvalue weighted by atomic mass is 10.0. The second kappa shape index (κ2) is 74.9. The van der Waals surface area contributed by atoms with Crippen LogP contribution in [-0.2, 0) is 84.4 Å². The Morgan fingerprint density at radius 1 is 0.376 bits per heavy atom. The van der Waals surface area contributed by atoms with Crippen LogP contribution >= 0.6 is 15.6 Å². The summed E-state index contributed by atoms with van der Waals surface area (Å²) in [6.07, 6.45) is 50.1. The number of ether oxygens (including phenoxy) is 6. The molecular weight excluding hydrogens is 1540 g/mol. The van der Waals surface area contributed by atoms with Crippen LogP contribution in [0.2, 0.25) is 0 Å². The van der Waals surface area contributed by atoms with E-state index in [0.717, 1.165) is 167 Å². The van der Waals surface area contributed by atoms with Crippen molar-refractivity contribution in [2.75, 3.05) is 65.9 Å². The number of aliphatic hydroxyl groups is 2. The van der Waals surface area contributed by atoms with Gasteiger partial charge in [-0.1, -0.05) is 271 Å². The third-order valence-electron chi connectivity index (χ3n) is 20.6. The predicted octanol–water partition coefficient (Wildman–Crippen LogP) is 19.1. The minimum atomic E-state index is -4.88. The van der Waals surface area contributed by atoms with Gasteiger partial charge in [0.05, 0.1) is 76.8 Å². The number of carbonyl (C=O) groups is 6. The molecule has 4 amide bonds. The van der Waals surface area contributed by atoms with Gasteiger partial charge in [-0.05, 0) is 117 Å². The third kappa shape index (κ3) is 67.5. The zero-order chi connectivity index (χ0) is 86.2. The molecule has 0 aromatic heterocycles. The molecule has 6 unspecified atom stereocenters. The Bertz CT molecular complexity index is 2460. The number of hydrogen-bond donors (Lipinski definition) is 8. The lowest BCUT2D eigenvalue weighted by molar-refractivity contribution is -0.159. The average Bonchev–Trinajstić information content (AvgIpc) is 1.66. The lowest BCUT2D eigenvalue weighted by Crippen LogP contribution is -2.48. The molecule has 0 aromatic carbocycles. The molecule has 0 spiro atoms. The molecule has 1 fully saturated rings. The van der Waals surface area contributed by atoms with Gasteiger partial charge in [0.25, 0.3) is 11.8 Å². The number of carbonyl (C=O) groups excluding carboxylic acids is 6. The summed E-state index contributed by atoms with van der Waals surface area (Å²) in [5.41, 5.74) is 0. The van der Waals surface area contributed by atoms with E-state index in [4.69, 9.17) is 46.5 Å². The molecule has 117 heavy (non-hydrogen) atoms. The first kappa shape index (κ1) is 111. The number of hydrogen-bond acceptors (Lipinski definition) is 20. The average molecular weight is 1710 g/mol. The van der Waals surface area contributed by atoms with Crippen LogP contribution in [0.3, 0.4) is 0 Å². The Balaban J connectivity index is 3.11. The molecule has 1 saturated heterocycles. The van der Waals surface area contributed by atoms with Gasteiger partial charge in [-0.3, -0.25) is 46.9 Å². The maximum absolute atomic E-state index is 13.9. The van der Waals surface area contributed by atoms with Gasteiger partial charge in [-0.2, -0.15) is 0 Å². The highest BCUT2D eigenvalue weighted by Gasteiger charge is 2.49. The van der Waals surface area contributed by atoms with Crippen molar-refractivity contribution in [1.82, 2.24) is 21.3 Å². The Morgan fingerprint density at radius 2 is 0.667 bits per heavy atom. The topological polar surface area (TPSA) is 358 Å². The maximum Gasteiger partial charge on any atom is 0.472 e. The van der Waals surface area contributed by atoms with Crippen LogP contribution in [0.25, 0.3) is 0 Å². The van der Waals surface area contributed by atoms with Gasteiger partial charge in [0, 0.05) is 39.1 Å². The molecule has 1 aliphatic rings.